The lowest BCUT2D eigenvalue weighted by Crippen LogP contribution is -2.38. The molecule has 1 aromatic rings. The van der Waals surface area contributed by atoms with Crippen molar-refractivity contribution in [3.63, 3.8) is 0 Å². The molecule has 0 saturated heterocycles. The Hall–Kier alpha value is -1.02. The summed E-state index contributed by atoms with van der Waals surface area (Å²) in [7, 11) is 4.35. The predicted octanol–water partition coefficient (Wildman–Crippen LogP) is 4.76. The second kappa shape index (κ2) is 6.83. The van der Waals surface area contributed by atoms with E-state index in [9.17, 15) is 0 Å². The van der Waals surface area contributed by atoms with E-state index >= 15 is 0 Å². The molecule has 0 aliphatic heterocycles. The highest BCUT2D eigenvalue weighted by Crippen LogP contribution is 2.39. The fourth-order valence-electron chi connectivity index (χ4n) is 3.65. The topological polar surface area (TPSA) is 15.3 Å². The van der Waals surface area contributed by atoms with Crippen LogP contribution in [-0.4, -0.2) is 20.1 Å². The third kappa shape index (κ3) is 3.79. The van der Waals surface area contributed by atoms with E-state index in [1.54, 1.807) is 0 Å². The number of rotatable bonds is 5. The van der Waals surface area contributed by atoms with Crippen LogP contribution in [0, 0.1) is 5.41 Å². The Morgan fingerprint density at radius 1 is 1.24 bits per heavy atom. The molecule has 2 rings (SSSR count). The molecule has 0 bridgehead atoms. The zero-order valence-electron chi connectivity index (χ0n) is 14.4. The smallest absolute Gasteiger partial charge is 0.0414 e. The Morgan fingerprint density at radius 2 is 1.86 bits per heavy atom. The van der Waals surface area contributed by atoms with Crippen LogP contribution in [0.15, 0.2) is 24.3 Å². The van der Waals surface area contributed by atoms with Gasteiger partial charge in [-0.1, -0.05) is 39.0 Å². The summed E-state index contributed by atoms with van der Waals surface area (Å²) in [4.78, 5) is 2.53. The number of para-hydroxylation sites is 1. The summed E-state index contributed by atoms with van der Waals surface area (Å²) in [5.74, 6) is 0. The maximum absolute atomic E-state index is 3.45. The highest BCUT2D eigenvalue weighted by atomic mass is 15.1. The molecule has 0 radical (unpaired) electrons. The summed E-state index contributed by atoms with van der Waals surface area (Å²) in [5, 5.41) is 3.45. The van der Waals surface area contributed by atoms with Crippen molar-refractivity contribution < 1.29 is 0 Å². The lowest BCUT2D eigenvalue weighted by molar-refractivity contribution is 0.222. The largest absolute Gasteiger partial charge is 0.371 e. The third-order valence-electron chi connectivity index (χ3n) is 5.31. The quantitative estimate of drug-likeness (QED) is 0.840. The summed E-state index contributed by atoms with van der Waals surface area (Å²) in [6, 6.07) is 10.0. The van der Waals surface area contributed by atoms with E-state index in [1.807, 2.05) is 0 Å². The SMILES string of the molecule is CCC(NC)c1ccccc1N(C)C1CCC(C)(C)CC1. The van der Waals surface area contributed by atoms with Crippen LogP contribution in [0.2, 0.25) is 0 Å². The fraction of sp³-hybridized carbons (Fsp3) is 0.684. The van der Waals surface area contributed by atoms with Crippen molar-refractivity contribution in [1.82, 2.24) is 5.32 Å². The maximum atomic E-state index is 3.45. The number of hydrogen-bond acceptors (Lipinski definition) is 2. The van der Waals surface area contributed by atoms with Gasteiger partial charge in [0.05, 0.1) is 0 Å². The lowest BCUT2D eigenvalue weighted by Gasteiger charge is -2.40. The van der Waals surface area contributed by atoms with E-state index in [-0.39, 0.29) is 0 Å². The van der Waals surface area contributed by atoms with Crippen molar-refractivity contribution in [2.24, 2.45) is 5.41 Å². The molecule has 2 nitrogen and oxygen atoms in total. The standard InChI is InChI=1S/C19H32N2/c1-6-17(20-4)16-9-7-8-10-18(16)21(5)15-11-13-19(2,3)14-12-15/h7-10,15,17,20H,6,11-14H2,1-5H3. The van der Waals surface area contributed by atoms with E-state index in [2.05, 4.69) is 69.3 Å². The van der Waals surface area contributed by atoms with Crippen LogP contribution >= 0.6 is 0 Å². The molecule has 2 heteroatoms. The molecule has 118 valence electrons. The molecular formula is C19H32N2. The minimum absolute atomic E-state index is 0.448. The van der Waals surface area contributed by atoms with E-state index in [4.69, 9.17) is 0 Å². The Morgan fingerprint density at radius 3 is 2.43 bits per heavy atom. The van der Waals surface area contributed by atoms with Crippen molar-refractivity contribution in [2.75, 3.05) is 19.0 Å². The zero-order valence-corrected chi connectivity index (χ0v) is 14.4. The van der Waals surface area contributed by atoms with Gasteiger partial charge in [0, 0.05) is 24.8 Å². The van der Waals surface area contributed by atoms with E-state index in [0.717, 1.165) is 6.42 Å². The molecule has 1 saturated carbocycles. The monoisotopic (exact) mass is 288 g/mol. The van der Waals surface area contributed by atoms with Gasteiger partial charge in [0.2, 0.25) is 0 Å². The first kappa shape index (κ1) is 16.4. The molecule has 1 unspecified atom stereocenters. The molecule has 1 fully saturated rings. The van der Waals surface area contributed by atoms with Gasteiger partial charge in [-0.2, -0.15) is 0 Å². The first-order valence-corrected chi connectivity index (χ1v) is 8.47. The van der Waals surface area contributed by atoms with Gasteiger partial charge in [-0.15, -0.1) is 0 Å². The fourth-order valence-corrected chi connectivity index (χ4v) is 3.65. The summed E-state index contributed by atoms with van der Waals surface area (Å²) >= 11 is 0. The Kier molecular flexibility index (Phi) is 5.32. The number of hydrogen-bond donors (Lipinski definition) is 1. The van der Waals surface area contributed by atoms with E-state index in [1.165, 1.54) is 36.9 Å². The Labute approximate surface area is 130 Å². The zero-order chi connectivity index (χ0) is 15.5. The second-order valence-electron chi connectivity index (χ2n) is 7.31. The van der Waals surface area contributed by atoms with Gasteiger partial charge in [0.1, 0.15) is 0 Å². The molecule has 0 aromatic heterocycles. The summed E-state index contributed by atoms with van der Waals surface area (Å²) in [5.41, 5.74) is 3.38. The average molecular weight is 288 g/mol. The number of nitrogens with one attached hydrogen (secondary N) is 1. The molecule has 1 aliphatic carbocycles. The van der Waals surface area contributed by atoms with Crippen LogP contribution in [0.1, 0.15) is 64.5 Å². The van der Waals surface area contributed by atoms with Gasteiger partial charge >= 0.3 is 0 Å². The predicted molar refractivity (Wildman–Crippen MR) is 93.0 cm³/mol. The van der Waals surface area contributed by atoms with E-state index in [0.29, 0.717) is 17.5 Å². The molecule has 1 aliphatic rings. The normalized spacial score (nSPS) is 20.2. The van der Waals surface area contributed by atoms with Crippen molar-refractivity contribution in [1.29, 1.82) is 0 Å². The van der Waals surface area contributed by atoms with Crippen molar-refractivity contribution in [3.05, 3.63) is 29.8 Å². The van der Waals surface area contributed by atoms with Crippen molar-refractivity contribution in [2.45, 2.75) is 65.0 Å². The van der Waals surface area contributed by atoms with E-state index < -0.39 is 0 Å². The molecule has 0 amide bonds. The molecule has 21 heavy (non-hydrogen) atoms. The summed E-state index contributed by atoms with van der Waals surface area (Å²) < 4.78 is 0. The van der Waals surface area contributed by atoms with Crippen LogP contribution in [0.4, 0.5) is 5.69 Å². The minimum Gasteiger partial charge on any atom is -0.371 e. The van der Waals surface area contributed by atoms with Crippen LogP contribution < -0.4 is 10.2 Å². The van der Waals surface area contributed by atoms with Gasteiger partial charge in [-0.05, 0) is 56.2 Å². The summed E-state index contributed by atoms with van der Waals surface area (Å²) in [6.45, 7) is 7.07. The van der Waals surface area contributed by atoms with Gasteiger partial charge < -0.3 is 10.2 Å². The van der Waals surface area contributed by atoms with Crippen molar-refractivity contribution >= 4 is 5.69 Å². The van der Waals surface area contributed by atoms with Crippen LogP contribution in [0.5, 0.6) is 0 Å². The Bertz CT molecular complexity index is 439. The van der Waals surface area contributed by atoms with Crippen LogP contribution in [-0.2, 0) is 0 Å². The Balaban J connectivity index is 2.18. The second-order valence-corrected chi connectivity index (χ2v) is 7.31. The third-order valence-corrected chi connectivity index (χ3v) is 5.31. The molecular weight excluding hydrogens is 256 g/mol. The number of anilines is 1. The van der Waals surface area contributed by atoms with Gasteiger partial charge in [-0.3, -0.25) is 0 Å². The highest BCUT2D eigenvalue weighted by molar-refractivity contribution is 5.55. The highest BCUT2D eigenvalue weighted by Gasteiger charge is 2.29. The molecule has 0 heterocycles. The lowest BCUT2D eigenvalue weighted by atomic mass is 9.75. The minimum atomic E-state index is 0.448. The van der Waals surface area contributed by atoms with Gasteiger partial charge in [0.15, 0.2) is 0 Å². The molecule has 1 aromatic carbocycles. The first-order chi connectivity index (χ1) is 9.98. The number of nitrogens with zero attached hydrogens (tertiary/aromatic N) is 1. The molecule has 0 spiro atoms. The first-order valence-electron chi connectivity index (χ1n) is 8.47. The van der Waals surface area contributed by atoms with Gasteiger partial charge in [-0.25, -0.2) is 0 Å². The molecule has 1 N–H and O–H groups in total. The molecule has 1 atom stereocenters. The summed E-state index contributed by atoms with van der Waals surface area (Å²) in [6.07, 6.45) is 6.43. The van der Waals surface area contributed by atoms with Crippen LogP contribution in [0.25, 0.3) is 0 Å². The maximum Gasteiger partial charge on any atom is 0.0414 e. The average Bonchev–Trinajstić information content (AvgIpc) is 2.48. The van der Waals surface area contributed by atoms with Crippen LogP contribution in [0.3, 0.4) is 0 Å². The number of benzene rings is 1. The van der Waals surface area contributed by atoms with Gasteiger partial charge in [0.25, 0.3) is 0 Å². The van der Waals surface area contributed by atoms with Crippen molar-refractivity contribution in [3.8, 4) is 0 Å².